The van der Waals surface area contributed by atoms with Gasteiger partial charge in [0, 0.05) is 24.3 Å². The molecule has 21 heavy (non-hydrogen) atoms. The van der Waals surface area contributed by atoms with Crippen LogP contribution in [0.3, 0.4) is 0 Å². The molecule has 2 unspecified atom stereocenters. The summed E-state index contributed by atoms with van der Waals surface area (Å²) in [5.74, 6) is -1.36. The first-order valence-corrected chi connectivity index (χ1v) is 7.05. The van der Waals surface area contributed by atoms with E-state index in [-0.39, 0.29) is 24.8 Å². The topological polar surface area (TPSA) is 41.1 Å². The van der Waals surface area contributed by atoms with Gasteiger partial charge >= 0.3 is 6.18 Å². The molecule has 1 aliphatic carbocycles. The summed E-state index contributed by atoms with van der Waals surface area (Å²) < 4.78 is 38.3. The molecule has 1 fully saturated rings. The van der Waals surface area contributed by atoms with E-state index in [1.54, 1.807) is 24.3 Å². The molecule has 1 amide bonds. The SMILES string of the molecule is CC(=O)Nc1ccc(NC2CCCC(C(F)(F)F)C2)cc1. The van der Waals surface area contributed by atoms with E-state index < -0.39 is 12.1 Å². The number of hydrogen-bond donors (Lipinski definition) is 2. The van der Waals surface area contributed by atoms with Crippen LogP contribution in [-0.4, -0.2) is 18.1 Å². The Labute approximate surface area is 121 Å². The van der Waals surface area contributed by atoms with Crippen molar-refractivity contribution in [3.05, 3.63) is 24.3 Å². The number of carbonyl (C=O) groups excluding carboxylic acids is 1. The number of amides is 1. The van der Waals surface area contributed by atoms with E-state index in [1.165, 1.54) is 6.92 Å². The second kappa shape index (κ2) is 6.37. The van der Waals surface area contributed by atoms with Crippen LogP contribution in [0.4, 0.5) is 24.5 Å². The van der Waals surface area contributed by atoms with Crippen molar-refractivity contribution in [2.45, 2.75) is 44.8 Å². The summed E-state index contributed by atoms with van der Waals surface area (Å²) in [4.78, 5) is 10.9. The number of carbonyl (C=O) groups is 1. The van der Waals surface area contributed by atoms with E-state index in [9.17, 15) is 18.0 Å². The zero-order valence-corrected chi connectivity index (χ0v) is 11.8. The van der Waals surface area contributed by atoms with Crippen molar-refractivity contribution in [1.29, 1.82) is 0 Å². The van der Waals surface area contributed by atoms with Crippen LogP contribution in [0.25, 0.3) is 0 Å². The molecule has 2 rings (SSSR count). The molecule has 0 radical (unpaired) electrons. The number of halogens is 3. The van der Waals surface area contributed by atoms with Gasteiger partial charge in [-0.1, -0.05) is 6.42 Å². The fourth-order valence-corrected chi connectivity index (χ4v) is 2.71. The van der Waals surface area contributed by atoms with Crippen LogP contribution in [0.15, 0.2) is 24.3 Å². The molecular weight excluding hydrogens is 281 g/mol. The lowest BCUT2D eigenvalue weighted by atomic mass is 9.85. The van der Waals surface area contributed by atoms with Crippen molar-refractivity contribution in [2.24, 2.45) is 5.92 Å². The van der Waals surface area contributed by atoms with Crippen LogP contribution in [-0.2, 0) is 4.79 Å². The second-order valence-corrected chi connectivity index (χ2v) is 5.50. The van der Waals surface area contributed by atoms with Crippen molar-refractivity contribution >= 4 is 17.3 Å². The van der Waals surface area contributed by atoms with Gasteiger partial charge in [0.15, 0.2) is 0 Å². The third-order valence-electron chi connectivity index (χ3n) is 3.71. The largest absolute Gasteiger partial charge is 0.391 e. The van der Waals surface area contributed by atoms with Crippen molar-refractivity contribution < 1.29 is 18.0 Å². The molecule has 2 N–H and O–H groups in total. The fraction of sp³-hybridized carbons (Fsp3) is 0.533. The zero-order chi connectivity index (χ0) is 15.5. The van der Waals surface area contributed by atoms with Gasteiger partial charge in [-0.05, 0) is 43.5 Å². The molecule has 0 spiro atoms. The Kier molecular flexibility index (Phi) is 4.75. The number of rotatable bonds is 3. The summed E-state index contributed by atoms with van der Waals surface area (Å²) in [6.07, 6.45) is -2.42. The van der Waals surface area contributed by atoms with Gasteiger partial charge in [0.1, 0.15) is 0 Å². The highest BCUT2D eigenvalue weighted by molar-refractivity contribution is 5.88. The molecule has 2 atom stereocenters. The molecule has 6 heteroatoms. The van der Waals surface area contributed by atoms with Crippen LogP contribution < -0.4 is 10.6 Å². The molecule has 0 heterocycles. The molecule has 116 valence electrons. The first-order chi connectivity index (χ1) is 9.84. The summed E-state index contributed by atoms with van der Waals surface area (Å²) in [5, 5.41) is 5.80. The molecule has 1 aliphatic rings. The Morgan fingerprint density at radius 2 is 1.76 bits per heavy atom. The Morgan fingerprint density at radius 3 is 2.33 bits per heavy atom. The van der Waals surface area contributed by atoms with Crippen LogP contribution in [0.2, 0.25) is 0 Å². The minimum absolute atomic E-state index is 0.122. The molecule has 1 saturated carbocycles. The molecule has 1 aromatic rings. The molecular formula is C15H19F3N2O. The van der Waals surface area contributed by atoms with E-state index in [0.717, 1.165) is 12.1 Å². The quantitative estimate of drug-likeness (QED) is 0.879. The monoisotopic (exact) mass is 300 g/mol. The van der Waals surface area contributed by atoms with E-state index in [4.69, 9.17) is 0 Å². The highest BCUT2D eigenvalue weighted by atomic mass is 19.4. The predicted molar refractivity (Wildman–Crippen MR) is 76.2 cm³/mol. The van der Waals surface area contributed by atoms with Crippen molar-refractivity contribution in [2.75, 3.05) is 10.6 Å². The maximum atomic E-state index is 12.8. The highest BCUT2D eigenvalue weighted by Gasteiger charge is 2.42. The minimum atomic E-state index is -4.10. The summed E-state index contributed by atoms with van der Waals surface area (Å²) in [6, 6.07) is 6.84. The average Bonchev–Trinajstić information content (AvgIpc) is 2.40. The molecule has 0 saturated heterocycles. The van der Waals surface area contributed by atoms with Crippen molar-refractivity contribution in [3.63, 3.8) is 0 Å². The second-order valence-electron chi connectivity index (χ2n) is 5.50. The smallest absolute Gasteiger partial charge is 0.382 e. The van der Waals surface area contributed by atoms with E-state index >= 15 is 0 Å². The lowest BCUT2D eigenvalue weighted by Gasteiger charge is -2.31. The third kappa shape index (κ3) is 4.65. The van der Waals surface area contributed by atoms with Gasteiger partial charge in [0.2, 0.25) is 5.91 Å². The van der Waals surface area contributed by atoms with Crippen LogP contribution in [0, 0.1) is 5.92 Å². The Hall–Kier alpha value is -1.72. The zero-order valence-electron chi connectivity index (χ0n) is 11.8. The van der Waals surface area contributed by atoms with Gasteiger partial charge in [0.05, 0.1) is 5.92 Å². The molecule has 3 nitrogen and oxygen atoms in total. The minimum Gasteiger partial charge on any atom is -0.382 e. The molecule has 1 aromatic carbocycles. The number of hydrogen-bond acceptors (Lipinski definition) is 2. The highest BCUT2D eigenvalue weighted by Crippen LogP contribution is 2.38. The standard InChI is InChI=1S/C15H19F3N2O/c1-10(21)19-12-5-7-13(8-6-12)20-14-4-2-3-11(9-14)15(16,17)18/h5-8,11,14,20H,2-4,9H2,1H3,(H,19,21). The van der Waals surface area contributed by atoms with Crippen LogP contribution in [0.1, 0.15) is 32.6 Å². The van der Waals surface area contributed by atoms with Crippen molar-refractivity contribution in [3.8, 4) is 0 Å². The first kappa shape index (κ1) is 15.7. The predicted octanol–water partition coefficient (Wildman–Crippen LogP) is 4.18. The molecule has 0 aromatic heterocycles. The summed E-state index contributed by atoms with van der Waals surface area (Å²) in [7, 11) is 0. The number of anilines is 2. The van der Waals surface area contributed by atoms with Crippen LogP contribution >= 0.6 is 0 Å². The molecule has 0 aliphatic heterocycles. The Bertz CT molecular complexity index is 485. The average molecular weight is 300 g/mol. The Morgan fingerprint density at radius 1 is 1.14 bits per heavy atom. The van der Waals surface area contributed by atoms with Gasteiger partial charge in [-0.2, -0.15) is 13.2 Å². The van der Waals surface area contributed by atoms with Gasteiger partial charge < -0.3 is 10.6 Å². The van der Waals surface area contributed by atoms with E-state index in [0.29, 0.717) is 12.1 Å². The van der Waals surface area contributed by atoms with Gasteiger partial charge in [0.25, 0.3) is 0 Å². The number of nitrogens with one attached hydrogen (secondary N) is 2. The van der Waals surface area contributed by atoms with Crippen LogP contribution in [0.5, 0.6) is 0 Å². The molecule has 0 bridgehead atoms. The normalized spacial score (nSPS) is 22.7. The maximum absolute atomic E-state index is 12.8. The lowest BCUT2D eigenvalue weighted by molar-refractivity contribution is -0.182. The summed E-state index contributed by atoms with van der Waals surface area (Å²) >= 11 is 0. The first-order valence-electron chi connectivity index (χ1n) is 7.05. The number of benzene rings is 1. The Balaban J connectivity index is 1.93. The van der Waals surface area contributed by atoms with Crippen molar-refractivity contribution in [1.82, 2.24) is 0 Å². The third-order valence-corrected chi connectivity index (χ3v) is 3.71. The lowest BCUT2D eigenvalue weighted by Crippen LogP contribution is -2.34. The maximum Gasteiger partial charge on any atom is 0.391 e. The van der Waals surface area contributed by atoms with Gasteiger partial charge in [-0.25, -0.2) is 0 Å². The van der Waals surface area contributed by atoms with Gasteiger partial charge in [-0.15, -0.1) is 0 Å². The summed E-state index contributed by atoms with van der Waals surface area (Å²) in [6.45, 7) is 1.42. The van der Waals surface area contributed by atoms with E-state index in [1.807, 2.05) is 0 Å². The van der Waals surface area contributed by atoms with Gasteiger partial charge in [-0.3, -0.25) is 4.79 Å². The van der Waals surface area contributed by atoms with E-state index in [2.05, 4.69) is 10.6 Å². The summed E-state index contributed by atoms with van der Waals surface area (Å²) in [5.41, 5.74) is 1.45. The number of alkyl halides is 3. The fourth-order valence-electron chi connectivity index (χ4n) is 2.71.